The molecule has 1 amide bonds. The van der Waals surface area contributed by atoms with E-state index >= 15 is 0 Å². The maximum atomic E-state index is 12.2. The van der Waals surface area contributed by atoms with E-state index in [-0.39, 0.29) is 11.9 Å². The molecule has 0 spiro atoms. The molecule has 108 valence electrons. The molecule has 5 heteroatoms. The summed E-state index contributed by atoms with van der Waals surface area (Å²) >= 11 is 0. The molecule has 2 rings (SSSR count). The first kappa shape index (κ1) is 14.8. The Morgan fingerprint density at radius 3 is 2.75 bits per heavy atom. The van der Waals surface area contributed by atoms with Crippen LogP contribution in [-0.4, -0.2) is 33.2 Å². The van der Waals surface area contributed by atoms with Crippen molar-refractivity contribution in [3.63, 3.8) is 0 Å². The highest BCUT2D eigenvalue weighted by atomic mass is 32.2. The Balaban J connectivity index is 2.22. The number of hydrogen-bond donors (Lipinski definition) is 2. The zero-order valence-corrected chi connectivity index (χ0v) is 13.1. The fourth-order valence-corrected chi connectivity index (χ4v) is 3.09. The number of aryl methyl sites for hydroxylation is 2. The zero-order valence-electron chi connectivity index (χ0n) is 12.2. The second-order valence-electron chi connectivity index (χ2n) is 5.25. The highest BCUT2D eigenvalue weighted by Gasteiger charge is 2.13. The van der Waals surface area contributed by atoms with Gasteiger partial charge in [-0.1, -0.05) is 0 Å². The first-order chi connectivity index (χ1) is 9.38. The van der Waals surface area contributed by atoms with Crippen LogP contribution >= 0.6 is 0 Å². The average molecular weight is 292 g/mol. The van der Waals surface area contributed by atoms with Crippen molar-refractivity contribution in [1.82, 2.24) is 10.3 Å². The summed E-state index contributed by atoms with van der Waals surface area (Å²) < 4.78 is 11.2. The van der Waals surface area contributed by atoms with Gasteiger partial charge in [0.15, 0.2) is 0 Å². The smallest absolute Gasteiger partial charge is 0.251 e. The van der Waals surface area contributed by atoms with Crippen LogP contribution in [0.25, 0.3) is 10.9 Å². The molecule has 2 unspecified atom stereocenters. The minimum absolute atomic E-state index is 0.0990. The Hall–Kier alpha value is -1.62. The Kier molecular flexibility index (Phi) is 4.28. The second-order valence-corrected chi connectivity index (χ2v) is 6.73. The fourth-order valence-electron chi connectivity index (χ4n) is 2.30. The third-order valence-electron chi connectivity index (χ3n) is 3.43. The summed E-state index contributed by atoms with van der Waals surface area (Å²) in [7, 11) is -0.911. The monoisotopic (exact) mass is 292 g/mol. The molecule has 4 nitrogen and oxygen atoms in total. The summed E-state index contributed by atoms with van der Waals surface area (Å²) in [5, 5.41) is 3.95. The van der Waals surface area contributed by atoms with E-state index in [0.29, 0.717) is 11.3 Å². The summed E-state index contributed by atoms with van der Waals surface area (Å²) in [6, 6.07) is 5.53. The van der Waals surface area contributed by atoms with Crippen molar-refractivity contribution in [2.75, 3.05) is 12.0 Å². The van der Waals surface area contributed by atoms with Crippen LogP contribution in [0.2, 0.25) is 0 Å². The molecule has 1 aromatic heterocycles. The minimum atomic E-state index is -0.911. The summed E-state index contributed by atoms with van der Waals surface area (Å²) in [5.74, 6) is 0.346. The van der Waals surface area contributed by atoms with E-state index in [1.807, 2.05) is 39.0 Å². The highest BCUT2D eigenvalue weighted by molar-refractivity contribution is 7.84. The number of benzene rings is 1. The number of rotatable bonds is 4. The lowest BCUT2D eigenvalue weighted by Crippen LogP contribution is -2.36. The molecular weight excluding hydrogens is 272 g/mol. The first-order valence-electron chi connectivity index (χ1n) is 6.58. The number of nitrogens with one attached hydrogen (secondary N) is 2. The van der Waals surface area contributed by atoms with Crippen LogP contribution in [0, 0.1) is 13.8 Å². The fraction of sp³-hybridized carbons (Fsp3) is 0.400. The standard InChI is InChI=1S/C15H20N2O2S/c1-9(8-20(4)19)16-15(18)12-5-6-14-13(7-12)10(2)11(3)17-14/h5-7,9,17H,8H2,1-4H3,(H,16,18). The van der Waals surface area contributed by atoms with Crippen LogP contribution in [-0.2, 0) is 10.8 Å². The Labute approximate surface area is 121 Å². The highest BCUT2D eigenvalue weighted by Crippen LogP contribution is 2.22. The van der Waals surface area contributed by atoms with Gasteiger partial charge in [0.25, 0.3) is 5.91 Å². The molecule has 2 atom stereocenters. The maximum absolute atomic E-state index is 12.2. The number of aromatic nitrogens is 1. The van der Waals surface area contributed by atoms with E-state index in [1.165, 1.54) is 0 Å². The predicted octanol–water partition coefficient (Wildman–Crippen LogP) is 2.28. The number of fused-ring (bicyclic) bond motifs is 1. The number of hydrogen-bond acceptors (Lipinski definition) is 2. The van der Waals surface area contributed by atoms with Crippen LogP contribution in [0.1, 0.15) is 28.5 Å². The number of H-pyrrole nitrogens is 1. The Morgan fingerprint density at radius 1 is 1.40 bits per heavy atom. The summed E-state index contributed by atoms with van der Waals surface area (Å²) in [6.45, 7) is 5.93. The van der Waals surface area contributed by atoms with Gasteiger partial charge in [-0.25, -0.2) is 0 Å². The van der Waals surface area contributed by atoms with Gasteiger partial charge < -0.3 is 10.3 Å². The molecule has 20 heavy (non-hydrogen) atoms. The lowest BCUT2D eigenvalue weighted by atomic mass is 10.1. The van der Waals surface area contributed by atoms with Gasteiger partial charge in [-0.15, -0.1) is 0 Å². The second kappa shape index (κ2) is 5.79. The van der Waals surface area contributed by atoms with Gasteiger partial charge in [0.05, 0.1) is 0 Å². The third-order valence-corrected chi connectivity index (χ3v) is 4.40. The molecule has 1 heterocycles. The number of aromatic amines is 1. The molecule has 0 radical (unpaired) electrons. The molecule has 0 aliphatic rings. The molecular formula is C15H20N2O2S. The van der Waals surface area contributed by atoms with Crippen molar-refractivity contribution < 1.29 is 9.00 Å². The normalized spacial score (nSPS) is 14.2. The van der Waals surface area contributed by atoms with Crippen LogP contribution in [0.5, 0.6) is 0 Å². The number of carbonyl (C=O) groups excluding carboxylic acids is 1. The SMILES string of the molecule is Cc1[nH]c2ccc(C(=O)NC(C)CS(C)=O)cc2c1C. The van der Waals surface area contributed by atoms with Crippen molar-refractivity contribution in [3.05, 3.63) is 35.0 Å². The van der Waals surface area contributed by atoms with E-state index in [0.717, 1.165) is 22.2 Å². The number of amides is 1. The van der Waals surface area contributed by atoms with E-state index in [4.69, 9.17) is 0 Å². The van der Waals surface area contributed by atoms with Crippen molar-refractivity contribution in [3.8, 4) is 0 Å². The van der Waals surface area contributed by atoms with E-state index < -0.39 is 10.8 Å². The van der Waals surface area contributed by atoms with Gasteiger partial charge in [0, 0.05) is 51.0 Å². The molecule has 2 N–H and O–H groups in total. The molecule has 0 fully saturated rings. The van der Waals surface area contributed by atoms with Crippen molar-refractivity contribution >= 4 is 27.6 Å². The van der Waals surface area contributed by atoms with Crippen molar-refractivity contribution in [2.45, 2.75) is 26.8 Å². The molecule has 2 aromatic rings. The van der Waals surface area contributed by atoms with Crippen molar-refractivity contribution in [1.29, 1.82) is 0 Å². The maximum Gasteiger partial charge on any atom is 0.251 e. The molecule has 0 bridgehead atoms. The van der Waals surface area contributed by atoms with Gasteiger partial charge in [-0.2, -0.15) is 0 Å². The van der Waals surface area contributed by atoms with Gasteiger partial charge >= 0.3 is 0 Å². The largest absolute Gasteiger partial charge is 0.358 e. The quantitative estimate of drug-likeness (QED) is 0.908. The van der Waals surface area contributed by atoms with Crippen LogP contribution in [0.4, 0.5) is 0 Å². The average Bonchev–Trinajstić information content (AvgIpc) is 2.63. The molecule has 0 aliphatic heterocycles. The lowest BCUT2D eigenvalue weighted by molar-refractivity contribution is 0.0944. The lowest BCUT2D eigenvalue weighted by Gasteiger charge is -2.12. The minimum Gasteiger partial charge on any atom is -0.358 e. The Morgan fingerprint density at radius 2 is 2.10 bits per heavy atom. The summed E-state index contributed by atoms with van der Waals surface area (Å²) in [5.41, 5.74) is 3.96. The van der Waals surface area contributed by atoms with Gasteiger partial charge in [0.2, 0.25) is 0 Å². The van der Waals surface area contributed by atoms with Crippen molar-refractivity contribution in [2.24, 2.45) is 0 Å². The predicted molar refractivity (Wildman–Crippen MR) is 83.6 cm³/mol. The molecule has 0 saturated heterocycles. The van der Waals surface area contributed by atoms with Crippen LogP contribution < -0.4 is 5.32 Å². The zero-order chi connectivity index (χ0) is 14.9. The van der Waals surface area contributed by atoms with Gasteiger partial charge in [-0.3, -0.25) is 9.00 Å². The van der Waals surface area contributed by atoms with Gasteiger partial charge in [-0.05, 0) is 44.5 Å². The molecule has 0 saturated carbocycles. The van der Waals surface area contributed by atoms with Gasteiger partial charge in [0.1, 0.15) is 0 Å². The van der Waals surface area contributed by atoms with E-state index in [2.05, 4.69) is 10.3 Å². The van der Waals surface area contributed by atoms with Crippen LogP contribution in [0.15, 0.2) is 18.2 Å². The number of carbonyl (C=O) groups is 1. The summed E-state index contributed by atoms with van der Waals surface area (Å²) in [6.07, 6.45) is 1.64. The molecule has 0 aliphatic carbocycles. The topological polar surface area (TPSA) is 62.0 Å². The first-order valence-corrected chi connectivity index (χ1v) is 8.31. The third kappa shape index (κ3) is 3.10. The van der Waals surface area contributed by atoms with Crippen LogP contribution in [0.3, 0.4) is 0 Å². The molecule has 1 aromatic carbocycles. The summed E-state index contributed by atoms with van der Waals surface area (Å²) in [4.78, 5) is 15.5. The van der Waals surface area contributed by atoms with E-state index in [1.54, 1.807) is 6.26 Å². The van der Waals surface area contributed by atoms with E-state index in [9.17, 15) is 9.00 Å². The Bertz CT molecular complexity index is 676.